The standard InChI is InChI=1S/C12H21B/c1-6-7-10(4)12(13)8-11(5)9(2)3/h7-8H,6,13H2,1-5H3/b10-7+,12-8+. The third kappa shape index (κ3) is 4.77. The van der Waals surface area contributed by atoms with Gasteiger partial charge in [0.2, 0.25) is 0 Å². The topological polar surface area (TPSA) is 0 Å². The molecule has 13 heavy (non-hydrogen) atoms. The van der Waals surface area contributed by atoms with Gasteiger partial charge in [-0.3, -0.25) is 0 Å². The molecule has 0 fully saturated rings. The summed E-state index contributed by atoms with van der Waals surface area (Å²) in [6.07, 6.45) is 5.64. The Morgan fingerprint density at radius 2 is 1.69 bits per heavy atom. The maximum Gasteiger partial charge on any atom is 0.139 e. The van der Waals surface area contributed by atoms with E-state index in [1.54, 1.807) is 0 Å². The maximum atomic E-state index is 2.27. The predicted molar refractivity (Wildman–Crippen MR) is 64.7 cm³/mol. The third-order valence-electron chi connectivity index (χ3n) is 2.35. The van der Waals surface area contributed by atoms with Gasteiger partial charge >= 0.3 is 0 Å². The monoisotopic (exact) mass is 176 g/mol. The van der Waals surface area contributed by atoms with Crippen LogP contribution < -0.4 is 0 Å². The van der Waals surface area contributed by atoms with Crippen molar-refractivity contribution in [1.82, 2.24) is 0 Å². The minimum Gasteiger partial charge on any atom is -0.0862 e. The summed E-state index contributed by atoms with van der Waals surface area (Å²) in [4.78, 5) is 0. The summed E-state index contributed by atoms with van der Waals surface area (Å²) >= 11 is 0. The van der Waals surface area contributed by atoms with E-state index in [-0.39, 0.29) is 0 Å². The van der Waals surface area contributed by atoms with E-state index in [0.29, 0.717) is 0 Å². The Morgan fingerprint density at radius 3 is 2.08 bits per heavy atom. The van der Waals surface area contributed by atoms with Crippen LogP contribution in [0.5, 0.6) is 0 Å². The summed E-state index contributed by atoms with van der Waals surface area (Å²) in [6.45, 7) is 10.8. The molecule has 0 aliphatic heterocycles. The highest BCUT2D eigenvalue weighted by atomic mass is 14.0. The Balaban J connectivity index is 4.69. The average Bonchev–Trinajstić information content (AvgIpc) is 2.04. The van der Waals surface area contributed by atoms with E-state index in [1.165, 1.54) is 22.2 Å². The average molecular weight is 176 g/mol. The molecule has 0 radical (unpaired) electrons. The molecule has 0 saturated carbocycles. The minimum atomic E-state index is 1.12. The van der Waals surface area contributed by atoms with Gasteiger partial charge in [0.1, 0.15) is 7.85 Å². The van der Waals surface area contributed by atoms with Crippen LogP contribution in [0.15, 0.2) is 34.3 Å². The molecule has 0 aromatic rings. The zero-order valence-electron chi connectivity index (χ0n) is 9.86. The van der Waals surface area contributed by atoms with E-state index < -0.39 is 0 Å². The molecule has 0 aromatic heterocycles. The van der Waals surface area contributed by atoms with Crippen molar-refractivity contribution in [1.29, 1.82) is 0 Å². The van der Waals surface area contributed by atoms with E-state index >= 15 is 0 Å². The van der Waals surface area contributed by atoms with Crippen molar-refractivity contribution in [3.8, 4) is 0 Å². The van der Waals surface area contributed by atoms with Gasteiger partial charge in [0, 0.05) is 0 Å². The van der Waals surface area contributed by atoms with Crippen molar-refractivity contribution >= 4 is 7.85 Å². The number of hydrogen-bond donors (Lipinski definition) is 0. The fourth-order valence-corrected chi connectivity index (χ4v) is 1.05. The second-order valence-electron chi connectivity index (χ2n) is 3.81. The Hall–Kier alpha value is -0.715. The zero-order chi connectivity index (χ0) is 10.4. The lowest BCUT2D eigenvalue weighted by atomic mass is 9.86. The number of hydrogen-bond acceptors (Lipinski definition) is 0. The molecule has 0 unspecified atom stereocenters. The largest absolute Gasteiger partial charge is 0.139 e. The molecular formula is C12H21B. The molecule has 0 aromatic carbocycles. The lowest BCUT2D eigenvalue weighted by Crippen LogP contribution is -1.86. The molecule has 0 amide bonds. The normalized spacial score (nSPS) is 13.0. The summed E-state index contributed by atoms with van der Waals surface area (Å²) in [5.74, 6) is 0. The van der Waals surface area contributed by atoms with E-state index in [9.17, 15) is 0 Å². The first-order chi connectivity index (χ1) is 5.99. The highest BCUT2D eigenvalue weighted by Crippen LogP contribution is 2.11. The Bertz CT molecular complexity index is 250. The summed E-state index contributed by atoms with van der Waals surface area (Å²) < 4.78 is 0. The molecule has 0 rings (SSSR count). The van der Waals surface area contributed by atoms with Crippen LogP contribution in [0.25, 0.3) is 0 Å². The van der Waals surface area contributed by atoms with Gasteiger partial charge in [-0.15, -0.1) is 0 Å². The van der Waals surface area contributed by atoms with Crippen LogP contribution >= 0.6 is 0 Å². The highest BCUT2D eigenvalue weighted by molar-refractivity contribution is 6.24. The lowest BCUT2D eigenvalue weighted by Gasteiger charge is -2.03. The molecule has 72 valence electrons. The van der Waals surface area contributed by atoms with Crippen LogP contribution in [0.3, 0.4) is 0 Å². The molecule has 0 heterocycles. The Labute approximate surface area is 83.8 Å². The second kappa shape index (κ2) is 5.85. The lowest BCUT2D eigenvalue weighted by molar-refractivity contribution is 1.19. The number of rotatable bonds is 3. The van der Waals surface area contributed by atoms with Crippen LogP contribution in [0.4, 0.5) is 0 Å². The van der Waals surface area contributed by atoms with E-state index in [4.69, 9.17) is 0 Å². The summed E-state index contributed by atoms with van der Waals surface area (Å²) in [5.41, 5.74) is 5.54. The van der Waals surface area contributed by atoms with Crippen LogP contribution in [-0.4, -0.2) is 7.85 Å². The molecule has 0 spiro atoms. The zero-order valence-corrected chi connectivity index (χ0v) is 9.86. The molecule has 1 heteroatoms. The van der Waals surface area contributed by atoms with Gasteiger partial charge in [0.05, 0.1) is 0 Å². The molecule has 0 atom stereocenters. The maximum absolute atomic E-state index is 2.27. The van der Waals surface area contributed by atoms with Gasteiger partial charge < -0.3 is 0 Å². The first kappa shape index (κ1) is 12.3. The fraction of sp³-hybridized carbons (Fsp3) is 0.500. The summed E-state index contributed by atoms with van der Waals surface area (Å²) in [5, 5.41) is 0. The predicted octanol–water partition coefficient (Wildman–Crippen LogP) is 3.22. The van der Waals surface area contributed by atoms with Crippen LogP contribution in [-0.2, 0) is 0 Å². The van der Waals surface area contributed by atoms with Gasteiger partial charge in [0.25, 0.3) is 0 Å². The highest BCUT2D eigenvalue weighted by Gasteiger charge is 1.93. The molecular weight excluding hydrogens is 155 g/mol. The van der Waals surface area contributed by atoms with Crippen molar-refractivity contribution in [3.63, 3.8) is 0 Å². The Morgan fingerprint density at radius 1 is 1.15 bits per heavy atom. The number of allylic oxidation sites excluding steroid dienone is 6. The van der Waals surface area contributed by atoms with Crippen molar-refractivity contribution in [2.24, 2.45) is 0 Å². The van der Waals surface area contributed by atoms with E-state index in [1.807, 2.05) is 0 Å². The van der Waals surface area contributed by atoms with Crippen molar-refractivity contribution < 1.29 is 0 Å². The molecule has 0 N–H and O–H groups in total. The fourth-order valence-electron chi connectivity index (χ4n) is 1.05. The minimum absolute atomic E-state index is 1.12. The smallest absolute Gasteiger partial charge is 0.0862 e. The van der Waals surface area contributed by atoms with Crippen molar-refractivity contribution in [2.45, 2.75) is 41.0 Å². The van der Waals surface area contributed by atoms with Crippen LogP contribution in [0.1, 0.15) is 41.0 Å². The SMILES string of the molecule is BC(=C/C(C)=C(C)C)/C(C)=C/CC. The van der Waals surface area contributed by atoms with Gasteiger partial charge in [-0.05, 0) is 34.1 Å². The second-order valence-corrected chi connectivity index (χ2v) is 3.81. The molecule has 0 aliphatic rings. The summed E-state index contributed by atoms with van der Waals surface area (Å²) in [7, 11) is 2.17. The molecule has 0 nitrogen and oxygen atoms in total. The summed E-state index contributed by atoms with van der Waals surface area (Å²) in [6, 6.07) is 0. The van der Waals surface area contributed by atoms with Crippen molar-refractivity contribution in [2.75, 3.05) is 0 Å². The van der Waals surface area contributed by atoms with Gasteiger partial charge in [-0.25, -0.2) is 0 Å². The first-order valence-corrected chi connectivity index (χ1v) is 4.98. The van der Waals surface area contributed by atoms with Crippen LogP contribution in [0, 0.1) is 0 Å². The molecule has 0 aliphatic carbocycles. The quantitative estimate of drug-likeness (QED) is 0.457. The molecule has 0 bridgehead atoms. The first-order valence-electron chi connectivity index (χ1n) is 4.98. The molecule has 0 saturated heterocycles. The third-order valence-corrected chi connectivity index (χ3v) is 2.35. The van der Waals surface area contributed by atoms with Crippen molar-refractivity contribution in [3.05, 3.63) is 34.3 Å². The Kier molecular flexibility index (Phi) is 5.53. The van der Waals surface area contributed by atoms with Gasteiger partial charge in [-0.2, -0.15) is 0 Å². The van der Waals surface area contributed by atoms with E-state index in [2.05, 4.69) is 54.6 Å². The van der Waals surface area contributed by atoms with Gasteiger partial charge in [0.15, 0.2) is 0 Å². The van der Waals surface area contributed by atoms with Gasteiger partial charge in [-0.1, -0.05) is 41.3 Å². The van der Waals surface area contributed by atoms with Crippen LogP contribution in [0.2, 0.25) is 0 Å². The van der Waals surface area contributed by atoms with E-state index in [0.717, 1.165) is 6.42 Å².